The number of rotatable bonds is 9. The highest BCUT2D eigenvalue weighted by molar-refractivity contribution is 6.15. The quantitative estimate of drug-likeness (QED) is 0.261. The molecule has 4 rings (SSSR count). The molecule has 0 radical (unpaired) electrons. The molecule has 0 atom stereocenters. The largest absolute Gasteiger partial charge is 0.493 e. The predicted molar refractivity (Wildman–Crippen MR) is 147 cm³/mol. The number of nitrogens with one attached hydrogen (secondary N) is 1. The van der Waals surface area contributed by atoms with Crippen molar-refractivity contribution in [2.75, 3.05) is 14.2 Å². The van der Waals surface area contributed by atoms with Gasteiger partial charge < -0.3 is 24.6 Å². The fourth-order valence-corrected chi connectivity index (χ4v) is 3.70. The molecule has 2 aromatic carbocycles. The average Bonchev–Trinajstić information content (AvgIpc) is 2.98. The van der Waals surface area contributed by atoms with E-state index in [-0.39, 0.29) is 29.8 Å². The van der Waals surface area contributed by atoms with Gasteiger partial charge in [0.25, 0.3) is 5.91 Å². The summed E-state index contributed by atoms with van der Waals surface area (Å²) in [6.07, 6.45) is -0.812. The molecule has 0 aliphatic carbocycles. The number of hydrogen-bond donors (Lipinski definition) is 2. The van der Waals surface area contributed by atoms with Crippen LogP contribution in [0, 0.1) is 0 Å². The zero-order valence-electron chi connectivity index (χ0n) is 23.4. The highest BCUT2D eigenvalue weighted by Crippen LogP contribution is 2.34. The lowest BCUT2D eigenvalue weighted by Gasteiger charge is -2.14. The molecule has 4 aromatic rings. The van der Waals surface area contributed by atoms with Crippen molar-refractivity contribution in [1.82, 2.24) is 20.3 Å². The van der Waals surface area contributed by atoms with Crippen molar-refractivity contribution in [2.45, 2.75) is 32.7 Å². The topological polar surface area (TPSA) is 150 Å². The number of nitrogens with zero attached hydrogens (tertiary/aromatic N) is 3. The van der Waals surface area contributed by atoms with Crippen LogP contribution in [0.3, 0.4) is 0 Å². The second-order valence-electron chi connectivity index (χ2n) is 8.99. The maximum atomic E-state index is 13.7. The molecule has 226 valence electrons. The van der Waals surface area contributed by atoms with Crippen LogP contribution in [0.25, 0.3) is 10.8 Å². The number of ketones is 1. The molecule has 43 heavy (non-hydrogen) atoms. The van der Waals surface area contributed by atoms with Gasteiger partial charge in [0.05, 0.1) is 38.8 Å². The monoisotopic (exact) mass is 600 g/mol. The van der Waals surface area contributed by atoms with Gasteiger partial charge in [-0.1, -0.05) is 12.1 Å². The first-order chi connectivity index (χ1) is 20.3. The average molecular weight is 601 g/mol. The molecule has 0 saturated heterocycles. The Morgan fingerprint density at radius 1 is 1.00 bits per heavy atom. The third kappa shape index (κ3) is 8.61. The molecule has 0 aliphatic rings. The molecule has 0 spiro atoms. The minimum Gasteiger partial charge on any atom is -0.493 e. The number of carbonyl (C=O) groups is 3. The summed E-state index contributed by atoms with van der Waals surface area (Å²) < 4.78 is 48.4. The van der Waals surface area contributed by atoms with Gasteiger partial charge in [-0.25, -0.2) is 14.8 Å². The first-order valence-corrected chi connectivity index (χ1v) is 12.6. The molecule has 11 nitrogen and oxygen atoms in total. The van der Waals surface area contributed by atoms with Crippen molar-refractivity contribution in [2.24, 2.45) is 0 Å². The van der Waals surface area contributed by atoms with Crippen LogP contribution in [0.4, 0.5) is 13.2 Å². The number of fused-ring (bicyclic) bond motifs is 1. The van der Waals surface area contributed by atoms with Crippen LogP contribution < -0.4 is 19.5 Å². The molecule has 1 amide bonds. The zero-order chi connectivity index (χ0) is 31.7. The summed E-state index contributed by atoms with van der Waals surface area (Å²) in [6, 6.07) is 12.3. The van der Waals surface area contributed by atoms with Gasteiger partial charge in [0.2, 0.25) is 5.78 Å². The lowest BCUT2D eigenvalue weighted by atomic mass is 10.0. The van der Waals surface area contributed by atoms with Gasteiger partial charge in [-0.3, -0.25) is 14.6 Å². The fraction of sp³-hybridized carbons (Fsp3) is 0.241. The Balaban J connectivity index is 0.000000646. The van der Waals surface area contributed by atoms with Crippen LogP contribution in [0.15, 0.2) is 61.1 Å². The minimum atomic E-state index is -5.08. The van der Waals surface area contributed by atoms with E-state index in [1.165, 1.54) is 25.7 Å². The molecule has 0 unspecified atom stereocenters. The van der Waals surface area contributed by atoms with E-state index < -0.39 is 18.1 Å². The summed E-state index contributed by atoms with van der Waals surface area (Å²) >= 11 is 0. The van der Waals surface area contributed by atoms with Gasteiger partial charge >= 0.3 is 12.1 Å². The predicted octanol–water partition coefficient (Wildman–Crippen LogP) is 4.62. The number of hydrogen-bond acceptors (Lipinski definition) is 9. The fourth-order valence-electron chi connectivity index (χ4n) is 3.70. The number of benzene rings is 2. The second-order valence-corrected chi connectivity index (χ2v) is 8.99. The van der Waals surface area contributed by atoms with Gasteiger partial charge in [-0.05, 0) is 49.6 Å². The van der Waals surface area contributed by atoms with E-state index in [1.807, 2.05) is 13.8 Å². The Labute approximate surface area is 243 Å². The van der Waals surface area contributed by atoms with E-state index in [0.29, 0.717) is 39.3 Å². The Morgan fingerprint density at radius 2 is 1.67 bits per heavy atom. The molecule has 0 fully saturated rings. The first kappa shape index (κ1) is 32.2. The summed E-state index contributed by atoms with van der Waals surface area (Å²) in [4.78, 5) is 47.6. The summed E-state index contributed by atoms with van der Waals surface area (Å²) in [5, 5.41) is 11.2. The first-order valence-electron chi connectivity index (χ1n) is 12.6. The van der Waals surface area contributed by atoms with Crippen LogP contribution in [0.5, 0.6) is 17.2 Å². The van der Waals surface area contributed by atoms with Crippen molar-refractivity contribution in [3.8, 4) is 17.2 Å². The third-order valence-corrected chi connectivity index (χ3v) is 5.54. The van der Waals surface area contributed by atoms with E-state index in [1.54, 1.807) is 49.6 Å². The van der Waals surface area contributed by atoms with E-state index in [4.69, 9.17) is 24.1 Å². The highest BCUT2D eigenvalue weighted by atomic mass is 19.4. The number of halogens is 3. The smallest absolute Gasteiger partial charge is 0.490 e. The van der Waals surface area contributed by atoms with Crippen molar-refractivity contribution in [3.05, 3.63) is 83.7 Å². The molecule has 14 heteroatoms. The normalized spacial score (nSPS) is 10.9. The maximum Gasteiger partial charge on any atom is 0.490 e. The van der Waals surface area contributed by atoms with Gasteiger partial charge in [-0.15, -0.1) is 0 Å². The standard InChI is InChI=1S/C27H26N4O5.C2HF3O2/c1-16(2)36-20-7-5-6-17(11-20)26(32)25-21-13-24(35-4)23(34-3)12-18(21)10-19(31-25)14-30-27(33)22-15-28-8-9-29-22;3-2(4,5)1(6)7/h5-13,15-16H,14H2,1-4H3,(H,30,33);(H,6,7). The number of alkyl halides is 3. The van der Waals surface area contributed by atoms with Crippen LogP contribution in [0.2, 0.25) is 0 Å². The number of carboxylic acid groups (broad SMARTS) is 1. The molecule has 0 aliphatic heterocycles. The van der Waals surface area contributed by atoms with E-state index in [2.05, 4.69) is 20.3 Å². The molecule has 2 heterocycles. The van der Waals surface area contributed by atoms with Gasteiger partial charge in [0, 0.05) is 23.3 Å². The van der Waals surface area contributed by atoms with Crippen molar-refractivity contribution in [3.63, 3.8) is 0 Å². The van der Waals surface area contributed by atoms with Gasteiger partial charge in [0.1, 0.15) is 17.1 Å². The number of aliphatic carboxylic acids is 1. The summed E-state index contributed by atoms with van der Waals surface area (Å²) in [6.45, 7) is 3.92. The number of amides is 1. The van der Waals surface area contributed by atoms with Crippen LogP contribution in [0.1, 0.15) is 46.1 Å². The number of pyridine rings is 1. The zero-order valence-corrected chi connectivity index (χ0v) is 23.4. The van der Waals surface area contributed by atoms with Crippen molar-refractivity contribution in [1.29, 1.82) is 0 Å². The summed E-state index contributed by atoms with van der Waals surface area (Å²) in [5.41, 5.74) is 1.32. The molecule has 2 aromatic heterocycles. The lowest BCUT2D eigenvalue weighted by Crippen LogP contribution is -2.24. The summed E-state index contributed by atoms with van der Waals surface area (Å²) in [5.74, 6) is -1.87. The molecular formula is C29H27F3N4O7. The number of carboxylic acids is 1. The van der Waals surface area contributed by atoms with E-state index in [9.17, 15) is 22.8 Å². The lowest BCUT2D eigenvalue weighted by molar-refractivity contribution is -0.192. The van der Waals surface area contributed by atoms with Crippen molar-refractivity contribution >= 4 is 28.4 Å². The van der Waals surface area contributed by atoms with E-state index in [0.717, 1.165) is 0 Å². The number of carbonyl (C=O) groups excluding carboxylic acids is 2. The Bertz CT molecular complexity index is 1610. The second kappa shape index (κ2) is 14.1. The van der Waals surface area contributed by atoms with Gasteiger partial charge in [-0.2, -0.15) is 13.2 Å². The maximum absolute atomic E-state index is 13.7. The number of ether oxygens (including phenoxy) is 3. The molecule has 0 saturated carbocycles. The Kier molecular flexibility index (Phi) is 10.6. The molecular weight excluding hydrogens is 573 g/mol. The van der Waals surface area contributed by atoms with Crippen molar-refractivity contribution < 1.29 is 46.9 Å². The number of methoxy groups -OCH3 is 2. The summed E-state index contributed by atoms with van der Waals surface area (Å²) in [7, 11) is 3.07. The minimum absolute atomic E-state index is 0.0349. The van der Waals surface area contributed by atoms with Crippen LogP contribution in [-0.4, -0.2) is 64.2 Å². The van der Waals surface area contributed by atoms with Crippen LogP contribution >= 0.6 is 0 Å². The molecule has 2 N–H and O–H groups in total. The molecule has 0 bridgehead atoms. The number of aromatic nitrogens is 3. The van der Waals surface area contributed by atoms with Gasteiger partial charge in [0.15, 0.2) is 11.5 Å². The Hall–Kier alpha value is -5.27. The highest BCUT2D eigenvalue weighted by Gasteiger charge is 2.38. The van der Waals surface area contributed by atoms with E-state index >= 15 is 0 Å². The third-order valence-electron chi connectivity index (χ3n) is 5.54. The SMILES string of the molecule is COc1cc2cc(CNC(=O)c3cnccn3)nc(C(=O)c3cccc(OC(C)C)c3)c2cc1OC.O=C(O)C(F)(F)F. The van der Waals surface area contributed by atoms with Crippen LogP contribution in [-0.2, 0) is 11.3 Å². The Morgan fingerprint density at radius 3 is 2.26 bits per heavy atom.